The van der Waals surface area contributed by atoms with Crippen molar-refractivity contribution in [1.29, 1.82) is 0 Å². The van der Waals surface area contributed by atoms with E-state index in [-0.39, 0.29) is 6.03 Å². The van der Waals surface area contributed by atoms with E-state index < -0.39 is 0 Å². The maximum absolute atomic E-state index is 13.3. The quantitative estimate of drug-likeness (QED) is 0.308. The van der Waals surface area contributed by atoms with E-state index in [1.807, 2.05) is 28.0 Å². The molecular weight excluding hydrogens is 460 g/mol. The molecule has 2 atom stereocenters. The molecule has 2 bridgehead atoms. The van der Waals surface area contributed by atoms with E-state index in [0.29, 0.717) is 36.8 Å². The minimum atomic E-state index is 0.0184. The van der Waals surface area contributed by atoms with Crippen molar-refractivity contribution < 1.29 is 9.59 Å². The van der Waals surface area contributed by atoms with E-state index >= 15 is 0 Å². The van der Waals surface area contributed by atoms with Crippen LogP contribution in [0.3, 0.4) is 0 Å². The molecule has 2 fully saturated rings. The fraction of sp³-hybridized carbons (Fsp3) is 0.677. The van der Waals surface area contributed by atoms with Crippen molar-refractivity contribution in [2.45, 2.75) is 72.3 Å². The Balaban J connectivity index is 1.28. The molecule has 1 saturated heterocycles. The Kier molecular flexibility index (Phi) is 9.69. The van der Waals surface area contributed by atoms with Crippen LogP contribution in [0.4, 0.5) is 4.79 Å². The molecule has 6 heteroatoms. The fourth-order valence-corrected chi connectivity index (χ4v) is 6.36. The van der Waals surface area contributed by atoms with Gasteiger partial charge in [-0.05, 0) is 42.1 Å². The zero-order valence-corrected chi connectivity index (χ0v) is 23.4. The van der Waals surface area contributed by atoms with Crippen molar-refractivity contribution >= 4 is 11.9 Å². The highest BCUT2D eigenvalue weighted by Gasteiger charge is 2.51. The summed E-state index contributed by atoms with van der Waals surface area (Å²) in [6, 6.07) is 10.1. The molecule has 1 N–H and O–H groups in total. The fourth-order valence-electron chi connectivity index (χ4n) is 6.36. The Bertz CT molecular complexity index is 920. The minimum Gasteiger partial charge on any atom is -0.340 e. The third kappa shape index (κ3) is 7.16. The molecule has 3 aliphatic carbocycles. The number of carbonyl (C=O) groups is 2. The Hall–Kier alpha value is -2.34. The molecule has 204 valence electrons. The summed E-state index contributed by atoms with van der Waals surface area (Å²) < 4.78 is 0. The molecule has 2 unspecified atom stereocenters. The molecule has 0 radical (unpaired) electrons. The van der Waals surface area contributed by atoms with E-state index in [1.54, 1.807) is 0 Å². The van der Waals surface area contributed by atoms with Crippen LogP contribution < -0.4 is 5.32 Å². The first-order valence-electron chi connectivity index (χ1n) is 14.6. The van der Waals surface area contributed by atoms with Crippen LogP contribution in [0.2, 0.25) is 0 Å². The predicted molar refractivity (Wildman–Crippen MR) is 150 cm³/mol. The average molecular weight is 509 g/mol. The van der Waals surface area contributed by atoms with Crippen LogP contribution in [0.25, 0.3) is 0 Å². The van der Waals surface area contributed by atoms with Crippen LogP contribution in [-0.4, -0.2) is 72.5 Å². The lowest BCUT2D eigenvalue weighted by Gasteiger charge is -2.57. The van der Waals surface area contributed by atoms with E-state index in [2.05, 4.69) is 49.2 Å². The number of piperazine rings is 1. The molecule has 1 saturated carbocycles. The number of fused-ring (bicyclic) bond motifs is 1. The molecule has 6 nitrogen and oxygen atoms in total. The first-order chi connectivity index (χ1) is 17.9. The van der Waals surface area contributed by atoms with Gasteiger partial charge in [0.05, 0.1) is 0 Å². The van der Waals surface area contributed by atoms with Gasteiger partial charge in [0.1, 0.15) is 0 Å². The lowest BCUT2D eigenvalue weighted by molar-refractivity contribution is -0.133. The number of carbonyl (C=O) groups excluding carboxylic acids is 2. The highest BCUT2D eigenvalue weighted by atomic mass is 16.2. The van der Waals surface area contributed by atoms with Crippen LogP contribution >= 0.6 is 0 Å². The SMILES string of the molecule is CCCCCCC(=O)N1CCN(CCN(CC2=CCC3CC2C3(C)C)C(=O)NCc2ccccc2)CC1. The second-order valence-electron chi connectivity index (χ2n) is 11.9. The Morgan fingerprint density at radius 1 is 1.05 bits per heavy atom. The summed E-state index contributed by atoms with van der Waals surface area (Å²) >= 11 is 0. The first kappa shape index (κ1) is 27.7. The number of urea groups is 1. The summed E-state index contributed by atoms with van der Waals surface area (Å²) in [4.78, 5) is 32.4. The zero-order valence-electron chi connectivity index (χ0n) is 23.4. The van der Waals surface area contributed by atoms with Crippen molar-refractivity contribution in [2.75, 3.05) is 45.8 Å². The number of allylic oxidation sites excluding steroid dienone is 1. The molecule has 1 aliphatic heterocycles. The molecule has 37 heavy (non-hydrogen) atoms. The van der Waals surface area contributed by atoms with Gasteiger partial charge in [0.2, 0.25) is 5.91 Å². The van der Waals surface area contributed by atoms with E-state index in [1.165, 1.54) is 24.8 Å². The number of rotatable bonds is 12. The molecule has 1 heterocycles. The number of unbranched alkanes of at least 4 members (excludes halogenated alkanes) is 3. The largest absolute Gasteiger partial charge is 0.340 e. The van der Waals surface area contributed by atoms with Gasteiger partial charge in [-0.3, -0.25) is 9.69 Å². The predicted octanol–water partition coefficient (Wildman–Crippen LogP) is 5.31. The minimum absolute atomic E-state index is 0.0184. The van der Waals surface area contributed by atoms with Gasteiger partial charge < -0.3 is 15.1 Å². The monoisotopic (exact) mass is 508 g/mol. The lowest BCUT2D eigenvalue weighted by atomic mass is 9.49. The van der Waals surface area contributed by atoms with E-state index in [9.17, 15) is 9.59 Å². The lowest BCUT2D eigenvalue weighted by Crippen LogP contribution is -2.53. The average Bonchev–Trinajstić information content (AvgIpc) is 2.92. The number of nitrogens with one attached hydrogen (secondary N) is 1. The maximum Gasteiger partial charge on any atom is 0.318 e. The number of hydrogen-bond acceptors (Lipinski definition) is 3. The van der Waals surface area contributed by atoms with E-state index in [0.717, 1.165) is 70.0 Å². The van der Waals surface area contributed by atoms with Crippen LogP contribution in [0.1, 0.15) is 71.3 Å². The van der Waals surface area contributed by atoms with Crippen LogP contribution in [0.5, 0.6) is 0 Å². The van der Waals surface area contributed by atoms with Gasteiger partial charge in [0.25, 0.3) is 0 Å². The van der Waals surface area contributed by atoms with Crippen molar-refractivity contribution in [2.24, 2.45) is 17.3 Å². The van der Waals surface area contributed by atoms with Crippen LogP contribution in [-0.2, 0) is 11.3 Å². The second-order valence-corrected chi connectivity index (χ2v) is 11.9. The summed E-state index contributed by atoms with van der Waals surface area (Å²) in [6.45, 7) is 13.2. The summed E-state index contributed by atoms with van der Waals surface area (Å²) in [5.41, 5.74) is 2.92. The normalized spacial score (nSPS) is 22.7. The highest BCUT2D eigenvalue weighted by molar-refractivity contribution is 5.76. The molecule has 5 rings (SSSR count). The summed E-state index contributed by atoms with van der Waals surface area (Å²) in [5, 5.41) is 3.16. The van der Waals surface area contributed by atoms with Crippen LogP contribution in [0.15, 0.2) is 42.0 Å². The molecule has 1 aromatic rings. The van der Waals surface area contributed by atoms with Crippen molar-refractivity contribution in [3.63, 3.8) is 0 Å². The Morgan fingerprint density at radius 3 is 2.49 bits per heavy atom. The Morgan fingerprint density at radius 2 is 1.81 bits per heavy atom. The van der Waals surface area contributed by atoms with Crippen molar-refractivity contribution in [3.05, 3.63) is 47.5 Å². The van der Waals surface area contributed by atoms with Crippen LogP contribution in [0, 0.1) is 17.3 Å². The third-order valence-corrected chi connectivity index (χ3v) is 9.19. The van der Waals surface area contributed by atoms with Gasteiger partial charge in [-0.15, -0.1) is 0 Å². The molecule has 0 spiro atoms. The number of amides is 3. The summed E-state index contributed by atoms with van der Waals surface area (Å²) in [5.74, 6) is 1.71. The molecule has 4 aliphatic rings. The van der Waals surface area contributed by atoms with Crippen molar-refractivity contribution in [3.8, 4) is 0 Å². The highest BCUT2D eigenvalue weighted by Crippen LogP contribution is 2.59. The van der Waals surface area contributed by atoms with Crippen molar-refractivity contribution in [1.82, 2.24) is 20.0 Å². The molecular formula is C31H48N4O2. The standard InChI is InChI=1S/C31H48N4O2/c1-4-5-6-10-13-29(36)34-19-16-33(17-20-34)18-21-35(30(37)32-23-25-11-8-7-9-12-25)24-26-14-15-27-22-28(26)31(27,2)3/h7-9,11-12,14,27-28H,4-6,10,13,15-24H2,1-3H3,(H,32,37). The number of hydrogen-bond donors (Lipinski definition) is 1. The van der Waals surface area contributed by atoms with Gasteiger partial charge >= 0.3 is 6.03 Å². The maximum atomic E-state index is 13.3. The molecule has 3 amide bonds. The second kappa shape index (κ2) is 12.9. The molecule has 0 aromatic heterocycles. The third-order valence-electron chi connectivity index (χ3n) is 9.19. The van der Waals surface area contributed by atoms with Gasteiger partial charge in [0, 0.05) is 58.8 Å². The Labute approximate surface area is 224 Å². The molecule has 1 aromatic carbocycles. The van der Waals surface area contributed by atoms with Gasteiger partial charge in [-0.2, -0.15) is 0 Å². The summed E-state index contributed by atoms with van der Waals surface area (Å²) in [7, 11) is 0. The number of nitrogens with zero attached hydrogens (tertiary/aromatic N) is 3. The van der Waals surface area contributed by atoms with Gasteiger partial charge in [-0.25, -0.2) is 4.79 Å². The smallest absolute Gasteiger partial charge is 0.318 e. The number of benzene rings is 1. The first-order valence-corrected chi connectivity index (χ1v) is 14.6. The van der Waals surface area contributed by atoms with Gasteiger partial charge in [-0.1, -0.05) is 82.0 Å². The summed E-state index contributed by atoms with van der Waals surface area (Å²) in [6.07, 6.45) is 10.1. The van der Waals surface area contributed by atoms with E-state index in [4.69, 9.17) is 0 Å². The zero-order chi connectivity index (χ0) is 26.3. The van der Waals surface area contributed by atoms with Gasteiger partial charge in [0.15, 0.2) is 0 Å². The topological polar surface area (TPSA) is 55.9 Å².